The lowest BCUT2D eigenvalue weighted by Crippen LogP contribution is -2.29. The molecule has 0 radical (unpaired) electrons. The van der Waals surface area contributed by atoms with Crippen LogP contribution in [0, 0.1) is 6.92 Å². The van der Waals surface area contributed by atoms with E-state index in [1.807, 2.05) is 25.1 Å². The molecule has 1 amide bonds. The van der Waals surface area contributed by atoms with Crippen LogP contribution in [0.4, 0.5) is 0 Å². The molecular formula is C12H15NO2. The fourth-order valence-corrected chi connectivity index (χ4v) is 1.23. The van der Waals surface area contributed by atoms with E-state index in [0.29, 0.717) is 12.0 Å². The molecule has 1 aromatic carbocycles. The summed E-state index contributed by atoms with van der Waals surface area (Å²) in [5.74, 6) is -0.146. The van der Waals surface area contributed by atoms with E-state index in [1.165, 1.54) is 0 Å². The van der Waals surface area contributed by atoms with Gasteiger partial charge in [0, 0.05) is 12.0 Å². The summed E-state index contributed by atoms with van der Waals surface area (Å²) in [6.07, 6.45) is 0.452. The molecule has 0 spiro atoms. The second-order valence-electron chi connectivity index (χ2n) is 3.39. The van der Waals surface area contributed by atoms with Gasteiger partial charge in [0.25, 0.3) is 5.91 Å². The predicted molar refractivity (Wildman–Crippen MR) is 58.8 cm³/mol. The van der Waals surface area contributed by atoms with Crippen LogP contribution in [0.5, 0.6) is 0 Å². The zero-order valence-corrected chi connectivity index (χ0v) is 9.04. The molecule has 1 aromatic rings. The molecular weight excluding hydrogens is 190 g/mol. The standard InChI is InChI=1S/C12H15NO2/c1-3-10(14)8-13-12(15)11-7-5-4-6-9(11)2/h4-7H,3,8H2,1-2H3,(H,13,15). The Morgan fingerprint density at radius 3 is 2.53 bits per heavy atom. The minimum atomic E-state index is -0.185. The Hall–Kier alpha value is -1.64. The van der Waals surface area contributed by atoms with Gasteiger partial charge in [0.1, 0.15) is 0 Å². The van der Waals surface area contributed by atoms with Crippen LogP contribution in [-0.2, 0) is 4.79 Å². The van der Waals surface area contributed by atoms with E-state index in [-0.39, 0.29) is 18.2 Å². The molecule has 0 bridgehead atoms. The molecule has 0 heterocycles. The molecule has 1 rings (SSSR count). The van der Waals surface area contributed by atoms with Gasteiger partial charge in [-0.25, -0.2) is 0 Å². The topological polar surface area (TPSA) is 46.2 Å². The number of amides is 1. The maximum atomic E-state index is 11.6. The summed E-state index contributed by atoms with van der Waals surface area (Å²) in [5, 5.41) is 2.60. The fourth-order valence-electron chi connectivity index (χ4n) is 1.23. The Bertz CT molecular complexity index is 372. The molecule has 3 heteroatoms. The number of hydrogen-bond donors (Lipinski definition) is 1. The highest BCUT2D eigenvalue weighted by Gasteiger charge is 2.08. The Morgan fingerprint density at radius 2 is 1.93 bits per heavy atom. The van der Waals surface area contributed by atoms with Crippen molar-refractivity contribution in [3.8, 4) is 0 Å². The normalized spacial score (nSPS) is 9.73. The second-order valence-corrected chi connectivity index (χ2v) is 3.39. The molecule has 0 atom stereocenters. The number of carbonyl (C=O) groups excluding carboxylic acids is 2. The van der Waals surface area contributed by atoms with Crippen LogP contribution in [0.1, 0.15) is 29.3 Å². The maximum absolute atomic E-state index is 11.6. The first-order valence-corrected chi connectivity index (χ1v) is 5.00. The summed E-state index contributed by atoms with van der Waals surface area (Å²) < 4.78 is 0. The van der Waals surface area contributed by atoms with Crippen molar-refractivity contribution in [2.24, 2.45) is 0 Å². The largest absolute Gasteiger partial charge is 0.345 e. The predicted octanol–water partition coefficient (Wildman–Crippen LogP) is 1.70. The molecule has 0 saturated heterocycles. The van der Waals surface area contributed by atoms with Crippen LogP contribution in [0.3, 0.4) is 0 Å². The molecule has 1 N–H and O–H groups in total. The Balaban J connectivity index is 2.62. The first-order chi connectivity index (χ1) is 7.15. The lowest BCUT2D eigenvalue weighted by atomic mass is 10.1. The van der Waals surface area contributed by atoms with Gasteiger partial charge in [-0.15, -0.1) is 0 Å². The van der Waals surface area contributed by atoms with E-state index in [9.17, 15) is 9.59 Å². The third-order valence-electron chi connectivity index (χ3n) is 2.23. The average molecular weight is 205 g/mol. The molecule has 0 saturated carbocycles. The Labute approximate surface area is 89.5 Å². The minimum absolute atomic E-state index is 0.0388. The quantitative estimate of drug-likeness (QED) is 0.813. The number of benzene rings is 1. The molecule has 0 unspecified atom stereocenters. The van der Waals surface area contributed by atoms with Gasteiger partial charge in [-0.05, 0) is 18.6 Å². The third kappa shape index (κ3) is 3.20. The third-order valence-corrected chi connectivity index (χ3v) is 2.23. The summed E-state index contributed by atoms with van der Waals surface area (Å²) in [6.45, 7) is 3.77. The number of carbonyl (C=O) groups is 2. The molecule has 0 aliphatic rings. The SMILES string of the molecule is CCC(=O)CNC(=O)c1ccccc1C. The van der Waals surface area contributed by atoms with Crippen molar-refractivity contribution in [1.82, 2.24) is 5.32 Å². The van der Waals surface area contributed by atoms with Crippen LogP contribution >= 0.6 is 0 Å². The summed E-state index contributed by atoms with van der Waals surface area (Å²) in [5.41, 5.74) is 1.54. The second kappa shape index (κ2) is 5.29. The first kappa shape index (κ1) is 11.4. The van der Waals surface area contributed by atoms with Crippen LogP contribution in [-0.4, -0.2) is 18.2 Å². The van der Waals surface area contributed by atoms with Gasteiger partial charge in [-0.1, -0.05) is 25.1 Å². The van der Waals surface area contributed by atoms with Gasteiger partial charge in [0.15, 0.2) is 5.78 Å². The van der Waals surface area contributed by atoms with Crippen LogP contribution < -0.4 is 5.32 Å². The lowest BCUT2D eigenvalue weighted by Gasteiger charge is -2.05. The summed E-state index contributed by atoms with van der Waals surface area (Å²) in [4.78, 5) is 22.6. The molecule has 0 aliphatic heterocycles. The Kier molecular flexibility index (Phi) is 4.03. The van der Waals surface area contributed by atoms with Gasteiger partial charge < -0.3 is 5.32 Å². The van der Waals surface area contributed by atoms with Crippen molar-refractivity contribution in [3.05, 3.63) is 35.4 Å². The van der Waals surface area contributed by atoms with Crippen molar-refractivity contribution in [1.29, 1.82) is 0 Å². The number of nitrogens with one attached hydrogen (secondary N) is 1. The van der Waals surface area contributed by atoms with E-state index in [4.69, 9.17) is 0 Å². The molecule has 15 heavy (non-hydrogen) atoms. The summed E-state index contributed by atoms with van der Waals surface area (Å²) in [6, 6.07) is 7.31. The van der Waals surface area contributed by atoms with Crippen molar-refractivity contribution >= 4 is 11.7 Å². The van der Waals surface area contributed by atoms with E-state index in [2.05, 4.69) is 5.32 Å². The van der Waals surface area contributed by atoms with E-state index in [0.717, 1.165) is 5.56 Å². The Morgan fingerprint density at radius 1 is 1.27 bits per heavy atom. The molecule has 0 aliphatic carbocycles. The highest BCUT2D eigenvalue weighted by molar-refractivity contribution is 5.97. The fraction of sp³-hybridized carbons (Fsp3) is 0.333. The maximum Gasteiger partial charge on any atom is 0.251 e. The highest BCUT2D eigenvalue weighted by atomic mass is 16.2. The summed E-state index contributed by atoms with van der Waals surface area (Å²) >= 11 is 0. The molecule has 80 valence electrons. The van der Waals surface area contributed by atoms with Crippen molar-refractivity contribution in [3.63, 3.8) is 0 Å². The van der Waals surface area contributed by atoms with Gasteiger partial charge in [-0.3, -0.25) is 9.59 Å². The van der Waals surface area contributed by atoms with Crippen molar-refractivity contribution in [2.75, 3.05) is 6.54 Å². The minimum Gasteiger partial charge on any atom is -0.345 e. The molecule has 3 nitrogen and oxygen atoms in total. The van der Waals surface area contributed by atoms with Crippen LogP contribution in [0.2, 0.25) is 0 Å². The highest BCUT2D eigenvalue weighted by Crippen LogP contribution is 2.06. The average Bonchev–Trinajstić information content (AvgIpc) is 2.26. The van der Waals surface area contributed by atoms with Crippen molar-refractivity contribution < 1.29 is 9.59 Å². The smallest absolute Gasteiger partial charge is 0.251 e. The molecule has 0 fully saturated rings. The molecule has 0 aromatic heterocycles. The summed E-state index contributed by atoms with van der Waals surface area (Å²) in [7, 11) is 0. The van der Waals surface area contributed by atoms with E-state index < -0.39 is 0 Å². The monoisotopic (exact) mass is 205 g/mol. The van der Waals surface area contributed by atoms with Gasteiger partial charge in [0.2, 0.25) is 0 Å². The zero-order chi connectivity index (χ0) is 11.3. The number of rotatable bonds is 4. The van der Waals surface area contributed by atoms with E-state index >= 15 is 0 Å². The lowest BCUT2D eigenvalue weighted by molar-refractivity contribution is -0.117. The van der Waals surface area contributed by atoms with Crippen LogP contribution in [0.25, 0.3) is 0 Å². The van der Waals surface area contributed by atoms with Crippen LogP contribution in [0.15, 0.2) is 24.3 Å². The van der Waals surface area contributed by atoms with Gasteiger partial charge in [0.05, 0.1) is 6.54 Å². The van der Waals surface area contributed by atoms with Crippen molar-refractivity contribution in [2.45, 2.75) is 20.3 Å². The number of aryl methyl sites for hydroxylation is 1. The van der Waals surface area contributed by atoms with E-state index in [1.54, 1.807) is 13.0 Å². The first-order valence-electron chi connectivity index (χ1n) is 5.00. The number of hydrogen-bond acceptors (Lipinski definition) is 2. The number of ketones is 1. The van der Waals surface area contributed by atoms with Gasteiger partial charge >= 0.3 is 0 Å². The number of Topliss-reactive ketones (excluding diaryl/α,β-unsaturated/α-hetero) is 1. The zero-order valence-electron chi connectivity index (χ0n) is 9.04. The van der Waals surface area contributed by atoms with Gasteiger partial charge in [-0.2, -0.15) is 0 Å².